The highest BCUT2D eigenvalue weighted by Gasteiger charge is 2.38. The summed E-state index contributed by atoms with van der Waals surface area (Å²) in [5.41, 5.74) is 2.06. The lowest BCUT2D eigenvalue weighted by molar-refractivity contribution is 0.101. The summed E-state index contributed by atoms with van der Waals surface area (Å²) in [7, 11) is -3.97. The zero-order chi connectivity index (χ0) is 17.6. The maximum atomic E-state index is 13.2. The summed E-state index contributed by atoms with van der Waals surface area (Å²) in [4.78, 5) is 13.2. The summed E-state index contributed by atoms with van der Waals surface area (Å²) < 4.78 is 28.2. The average molecular weight is 461 g/mol. The first-order valence-corrected chi connectivity index (χ1v) is 10.1. The van der Waals surface area contributed by atoms with E-state index >= 15 is 0 Å². The predicted molar refractivity (Wildman–Crippen MR) is 105 cm³/mol. The fourth-order valence-corrected chi connectivity index (χ4v) is 4.95. The molecule has 0 N–H and O–H groups in total. The monoisotopic (exact) mass is 461 g/mol. The minimum atomic E-state index is -3.97. The lowest BCUT2D eigenvalue weighted by atomic mass is 10.0. The van der Waals surface area contributed by atoms with E-state index in [0.717, 1.165) is 13.4 Å². The molecule has 3 aromatic carbocycles. The molecule has 25 heavy (non-hydrogen) atoms. The molecule has 1 heterocycles. The van der Waals surface area contributed by atoms with E-state index in [0.29, 0.717) is 16.8 Å². The minimum absolute atomic E-state index is 0.146. The van der Waals surface area contributed by atoms with Gasteiger partial charge in [0.2, 0.25) is 0 Å². The molecular formula is C19H12INO3S. The first-order chi connectivity index (χ1) is 12.0. The highest BCUT2D eigenvalue weighted by Crippen LogP contribution is 2.43. The predicted octanol–water partition coefficient (Wildman–Crippen LogP) is 4.31. The van der Waals surface area contributed by atoms with Crippen molar-refractivity contribution in [3.63, 3.8) is 0 Å². The maximum absolute atomic E-state index is 13.2. The quantitative estimate of drug-likeness (QED) is 0.508. The topological polar surface area (TPSA) is 54.5 Å². The van der Waals surface area contributed by atoms with Gasteiger partial charge in [-0.15, -0.1) is 0 Å². The van der Waals surface area contributed by atoms with Crippen molar-refractivity contribution in [2.45, 2.75) is 4.90 Å². The van der Waals surface area contributed by atoms with E-state index in [1.54, 1.807) is 54.6 Å². The van der Waals surface area contributed by atoms with Crippen molar-refractivity contribution in [1.82, 2.24) is 0 Å². The number of amides is 1. The maximum Gasteiger partial charge on any atom is 0.272 e. The van der Waals surface area contributed by atoms with Gasteiger partial charge in [-0.1, -0.05) is 36.4 Å². The molecule has 0 aromatic heterocycles. The van der Waals surface area contributed by atoms with Gasteiger partial charge < -0.3 is 0 Å². The lowest BCUT2D eigenvalue weighted by Gasteiger charge is -2.30. The van der Waals surface area contributed by atoms with Gasteiger partial charge in [0, 0.05) is 20.3 Å². The number of hydrogen-bond donors (Lipinski definition) is 0. The van der Waals surface area contributed by atoms with E-state index in [1.807, 2.05) is 12.1 Å². The Labute approximate surface area is 159 Å². The Bertz CT molecular complexity index is 1090. The lowest BCUT2D eigenvalue weighted by Crippen LogP contribution is -2.39. The van der Waals surface area contributed by atoms with Crippen LogP contribution in [0.2, 0.25) is 0 Å². The molecule has 0 saturated heterocycles. The number of nitrogens with zero attached hydrogens (tertiary/aromatic N) is 1. The van der Waals surface area contributed by atoms with Crippen LogP contribution in [-0.2, 0) is 10.0 Å². The van der Waals surface area contributed by atoms with Crippen molar-refractivity contribution in [2.24, 2.45) is 0 Å². The Hall–Kier alpha value is -2.19. The molecule has 4 nitrogen and oxygen atoms in total. The van der Waals surface area contributed by atoms with Gasteiger partial charge in [-0.2, -0.15) is 4.31 Å². The van der Waals surface area contributed by atoms with Crippen molar-refractivity contribution >= 4 is 44.2 Å². The van der Waals surface area contributed by atoms with Crippen LogP contribution in [0.5, 0.6) is 0 Å². The highest BCUT2D eigenvalue weighted by molar-refractivity contribution is 14.1. The zero-order valence-corrected chi connectivity index (χ0v) is 15.9. The van der Waals surface area contributed by atoms with E-state index in [4.69, 9.17) is 0 Å². The smallest absolute Gasteiger partial charge is 0.268 e. The third-order valence-electron chi connectivity index (χ3n) is 4.09. The number of sulfonamides is 1. The fraction of sp³-hybridized carbons (Fsp3) is 0. The molecule has 6 heteroatoms. The standard InChI is InChI=1S/C19H12INO3S/c20-14-11-9-13(10-12-14)19(22)21-17-7-3-1-5-15(17)16-6-2-4-8-18(16)25(21,23)24/h1-12H. The Kier molecular flexibility index (Phi) is 3.88. The van der Waals surface area contributed by atoms with E-state index in [1.165, 1.54) is 6.07 Å². The van der Waals surface area contributed by atoms with Gasteiger partial charge in [0.1, 0.15) is 0 Å². The van der Waals surface area contributed by atoms with Crippen LogP contribution in [0.25, 0.3) is 11.1 Å². The number of carbonyl (C=O) groups is 1. The molecule has 0 saturated carbocycles. The fourth-order valence-electron chi connectivity index (χ4n) is 2.95. The third kappa shape index (κ3) is 2.56. The number of anilines is 1. The first kappa shape index (κ1) is 16.3. The second kappa shape index (κ2) is 5.96. The Morgan fingerprint density at radius 2 is 1.40 bits per heavy atom. The van der Waals surface area contributed by atoms with E-state index in [-0.39, 0.29) is 4.90 Å². The molecule has 124 valence electrons. The second-order valence-electron chi connectivity index (χ2n) is 5.59. The molecule has 1 amide bonds. The van der Waals surface area contributed by atoms with Crippen LogP contribution in [0.4, 0.5) is 5.69 Å². The van der Waals surface area contributed by atoms with Crippen LogP contribution in [0.3, 0.4) is 0 Å². The molecule has 0 unspecified atom stereocenters. The average Bonchev–Trinajstić information content (AvgIpc) is 2.62. The number of halogens is 1. The molecule has 0 atom stereocenters. The largest absolute Gasteiger partial charge is 0.272 e. The highest BCUT2D eigenvalue weighted by atomic mass is 127. The molecule has 1 aliphatic rings. The normalized spacial score (nSPS) is 14.5. The number of rotatable bonds is 1. The summed E-state index contributed by atoms with van der Waals surface area (Å²) in [6, 6.07) is 20.7. The number of para-hydroxylation sites is 1. The van der Waals surface area contributed by atoms with Crippen LogP contribution < -0.4 is 4.31 Å². The Morgan fingerprint density at radius 1 is 0.800 bits per heavy atom. The molecule has 0 fully saturated rings. The van der Waals surface area contributed by atoms with E-state index < -0.39 is 15.9 Å². The molecule has 4 rings (SSSR count). The molecule has 0 aliphatic carbocycles. The second-order valence-corrected chi connectivity index (χ2v) is 8.60. The van der Waals surface area contributed by atoms with Crippen LogP contribution in [-0.4, -0.2) is 14.3 Å². The van der Waals surface area contributed by atoms with Crippen molar-refractivity contribution in [3.8, 4) is 11.1 Å². The summed E-state index contributed by atoms with van der Waals surface area (Å²) in [6.07, 6.45) is 0. The van der Waals surface area contributed by atoms with Gasteiger partial charge in [-0.05, 0) is 59.0 Å². The summed E-state index contributed by atoms with van der Waals surface area (Å²) >= 11 is 2.14. The van der Waals surface area contributed by atoms with Crippen molar-refractivity contribution < 1.29 is 13.2 Å². The number of carbonyl (C=O) groups excluding carboxylic acids is 1. The summed E-state index contributed by atoms with van der Waals surface area (Å²) in [5, 5.41) is 0. The van der Waals surface area contributed by atoms with Crippen molar-refractivity contribution in [1.29, 1.82) is 0 Å². The Morgan fingerprint density at radius 3 is 2.12 bits per heavy atom. The van der Waals surface area contributed by atoms with Gasteiger partial charge in [0.25, 0.3) is 15.9 Å². The van der Waals surface area contributed by atoms with Crippen molar-refractivity contribution in [3.05, 3.63) is 81.9 Å². The van der Waals surface area contributed by atoms with Crippen LogP contribution in [0.15, 0.2) is 77.7 Å². The number of hydrogen-bond acceptors (Lipinski definition) is 3. The van der Waals surface area contributed by atoms with Gasteiger partial charge in [-0.3, -0.25) is 4.79 Å². The molecular weight excluding hydrogens is 449 g/mol. The van der Waals surface area contributed by atoms with E-state index in [2.05, 4.69) is 22.6 Å². The van der Waals surface area contributed by atoms with Gasteiger partial charge in [0.15, 0.2) is 0 Å². The van der Waals surface area contributed by atoms with Gasteiger partial charge >= 0.3 is 0 Å². The summed E-state index contributed by atoms with van der Waals surface area (Å²) in [5.74, 6) is -0.557. The molecule has 3 aromatic rings. The SMILES string of the molecule is O=C(c1ccc(I)cc1)N1c2ccccc2-c2ccccc2S1(=O)=O. The molecule has 0 spiro atoms. The van der Waals surface area contributed by atoms with Crippen LogP contribution in [0.1, 0.15) is 10.4 Å². The summed E-state index contributed by atoms with van der Waals surface area (Å²) in [6.45, 7) is 0. The molecule has 1 aliphatic heterocycles. The zero-order valence-electron chi connectivity index (χ0n) is 12.9. The van der Waals surface area contributed by atoms with Crippen molar-refractivity contribution in [2.75, 3.05) is 4.31 Å². The Balaban J connectivity index is 1.97. The van der Waals surface area contributed by atoms with Crippen LogP contribution >= 0.6 is 22.6 Å². The van der Waals surface area contributed by atoms with E-state index in [9.17, 15) is 13.2 Å². The number of benzene rings is 3. The van der Waals surface area contributed by atoms with Gasteiger partial charge in [0.05, 0.1) is 10.6 Å². The van der Waals surface area contributed by atoms with Crippen LogP contribution in [0, 0.1) is 3.57 Å². The molecule has 0 bridgehead atoms. The number of fused-ring (bicyclic) bond motifs is 3. The minimum Gasteiger partial charge on any atom is -0.268 e. The van der Waals surface area contributed by atoms with Gasteiger partial charge in [-0.25, -0.2) is 8.42 Å². The molecule has 0 radical (unpaired) electrons. The first-order valence-electron chi connectivity index (χ1n) is 7.54. The third-order valence-corrected chi connectivity index (χ3v) is 6.57.